The van der Waals surface area contributed by atoms with Gasteiger partial charge in [-0.15, -0.1) is 22.7 Å². The third-order valence-electron chi connectivity index (χ3n) is 16.0. The number of carbonyl (C=O) groups is 1. The molecule has 2 N–H and O–H groups in total. The molecule has 5 heterocycles. The molecular formula is C93H79BCl2N6Na2O7P4PdS3. The summed E-state index contributed by atoms with van der Waals surface area (Å²) in [7, 11) is -0.100. The van der Waals surface area contributed by atoms with Crippen molar-refractivity contribution >= 4 is 171 Å². The molecule has 13 nitrogen and oxygen atoms in total. The summed E-state index contributed by atoms with van der Waals surface area (Å²) in [6.45, 7) is -0.181. The second-order valence-corrected chi connectivity index (χ2v) is 36.2. The molecular weight excluding hydrogens is 1770 g/mol. The maximum absolute atomic E-state index is 8.64. The quantitative estimate of drug-likeness (QED) is 0.0272. The summed E-state index contributed by atoms with van der Waals surface area (Å²) in [5.41, 5.74) is 0. The third kappa shape index (κ3) is 32.6. The van der Waals surface area contributed by atoms with Gasteiger partial charge in [0.1, 0.15) is 0 Å². The summed E-state index contributed by atoms with van der Waals surface area (Å²) < 4.78 is 10.4. The predicted molar refractivity (Wildman–Crippen MR) is 492 cm³/mol. The van der Waals surface area contributed by atoms with E-state index in [0.29, 0.717) is 22.4 Å². The molecule has 12 aromatic carbocycles. The Morgan fingerprint density at radius 3 is 0.655 bits per heavy atom. The van der Waals surface area contributed by atoms with Crippen LogP contribution in [0.25, 0.3) is 21.4 Å². The van der Waals surface area contributed by atoms with Crippen LogP contribution in [0.15, 0.2) is 417 Å². The molecule has 0 bridgehead atoms. The van der Waals surface area contributed by atoms with Gasteiger partial charge in [-0.05, 0) is 147 Å². The fourth-order valence-corrected chi connectivity index (χ4v) is 22.5. The second kappa shape index (κ2) is 56.4. The molecule has 0 saturated heterocycles. The number of carbonyl (C=O) groups excluding carboxylic acids is 1. The van der Waals surface area contributed by atoms with Crippen LogP contribution < -0.4 is 142 Å². The smallest absolute Gasteiger partial charge is 1.00 e. The van der Waals surface area contributed by atoms with Crippen molar-refractivity contribution in [3.05, 3.63) is 427 Å². The number of hydrogen-bond donors (Lipinski definition) is 2. The third-order valence-corrected chi connectivity index (χ3v) is 28.8. The number of ether oxygens (including phenoxy) is 2. The van der Waals surface area contributed by atoms with Gasteiger partial charge in [-0.1, -0.05) is 388 Å². The van der Waals surface area contributed by atoms with Gasteiger partial charge in [-0.25, -0.2) is 4.98 Å². The summed E-state index contributed by atoms with van der Waals surface area (Å²) in [5.74, 6) is 1.31. The van der Waals surface area contributed by atoms with Gasteiger partial charge in [0.2, 0.25) is 10.6 Å². The maximum Gasteiger partial charge on any atom is 1.00 e. The molecule has 0 amide bonds. The van der Waals surface area contributed by atoms with Gasteiger partial charge in [-0.2, -0.15) is 36.3 Å². The Morgan fingerprint density at radius 2 is 0.504 bits per heavy atom. The molecule has 17 aromatic rings. The summed E-state index contributed by atoms with van der Waals surface area (Å²) in [6.07, 6.45) is 0. The monoisotopic (exact) mass is 1840 g/mol. The molecule has 590 valence electrons. The number of nitrogens with zero attached hydrogens (tertiary/aromatic N) is 6. The Labute approximate surface area is 782 Å². The van der Waals surface area contributed by atoms with E-state index in [2.05, 4.69) is 404 Å². The van der Waals surface area contributed by atoms with Gasteiger partial charge >= 0.3 is 78.3 Å². The van der Waals surface area contributed by atoms with Crippen molar-refractivity contribution in [2.45, 2.75) is 0 Å². The van der Waals surface area contributed by atoms with Crippen LogP contribution in [0.1, 0.15) is 1.43 Å². The van der Waals surface area contributed by atoms with Crippen LogP contribution in [0, 0.1) is 0 Å². The molecule has 0 unspecified atom stereocenters. The SMILES string of the molecule is COc1nc(-c2cccs2)nc(-c2cccs2)n1.COc1nc(Cl)nc(Cl)n1.O=CO[O-].OB(O)c1cccs1.[H-].[Na+].[Na+].[Pd].c1ccc(P(c2ccccc2)c2ccccc2)cc1.c1ccc(P(c2ccccc2)c2ccccc2)cc1.c1ccc(P(c2ccccc2)c2ccccc2)cc1.c1ccc(P(c2ccccc2)c2ccccc2)cc1. The van der Waals surface area contributed by atoms with Crippen LogP contribution >= 0.6 is 88.9 Å². The molecule has 0 aliphatic rings. The number of rotatable bonds is 18. The van der Waals surface area contributed by atoms with E-state index in [1.165, 1.54) is 82.1 Å². The fraction of sp³-hybridized carbons (Fsp3) is 0.0215. The van der Waals surface area contributed by atoms with E-state index < -0.39 is 38.8 Å². The standard InChI is InChI=1S/4C18H15P.C12H9N3OS2.C4H5BO2S.C4H3Cl2N3O.CH2O3.2Na.Pd.H/c4*1-4-10-16(11-5-1)19(17-12-6-2-7-13-17)18-14-8-3-9-15-18;1-16-12-14-10(8-4-2-6-17-8)13-11(15-12)9-5-3-7-18-9;6-5(7)4-2-1-3-8-4;1-10-4-8-2(5)7-3(6)9-4;2-1-4-3;;;;/h4*1-15H;2-7H,1H3;1-3,6-7H;1H3;1,3H;;;;/q;;;;;;;;2*+1;;-1/p-1. The van der Waals surface area contributed by atoms with Crippen molar-refractivity contribution in [1.29, 1.82) is 0 Å². The fourth-order valence-electron chi connectivity index (χ4n) is 11.0. The average Bonchev–Trinajstić information content (AvgIpc) is 1.45. The van der Waals surface area contributed by atoms with Crippen LogP contribution in [-0.4, -0.2) is 67.8 Å². The van der Waals surface area contributed by atoms with E-state index in [1.54, 1.807) is 47.3 Å². The van der Waals surface area contributed by atoms with E-state index in [-0.39, 0.29) is 104 Å². The van der Waals surface area contributed by atoms with Crippen molar-refractivity contribution < 1.29 is 115 Å². The molecule has 0 aliphatic heterocycles. The predicted octanol–water partition coefficient (Wildman–Crippen LogP) is 10.3. The summed E-state index contributed by atoms with van der Waals surface area (Å²) >= 11 is 15.3. The van der Waals surface area contributed by atoms with Crippen molar-refractivity contribution in [2.75, 3.05) is 14.2 Å². The first kappa shape index (κ1) is 97.9. The van der Waals surface area contributed by atoms with Crippen LogP contribution in [0.2, 0.25) is 10.6 Å². The number of aromatic nitrogens is 6. The molecule has 5 aromatic heterocycles. The molecule has 0 atom stereocenters. The summed E-state index contributed by atoms with van der Waals surface area (Å²) in [4.78, 5) is 37.0. The van der Waals surface area contributed by atoms with Crippen molar-refractivity contribution in [1.82, 2.24) is 29.9 Å². The number of thiophene rings is 3. The van der Waals surface area contributed by atoms with Gasteiger partial charge in [0.05, 0.1) is 24.0 Å². The van der Waals surface area contributed by atoms with Gasteiger partial charge in [-0.3, -0.25) is 4.79 Å². The zero-order chi connectivity index (χ0) is 81.0. The Bertz CT molecular complexity index is 4580. The first-order valence-corrected chi connectivity index (χ1v) is 44.8. The molecule has 119 heavy (non-hydrogen) atoms. The largest absolute Gasteiger partial charge is 1.00 e. The molecule has 0 saturated carbocycles. The van der Waals surface area contributed by atoms with E-state index >= 15 is 0 Å². The van der Waals surface area contributed by atoms with Crippen LogP contribution in [0.4, 0.5) is 0 Å². The Balaban J connectivity index is 0.000000217. The van der Waals surface area contributed by atoms with Crippen molar-refractivity contribution in [3.63, 3.8) is 0 Å². The van der Waals surface area contributed by atoms with Gasteiger partial charge in [0.15, 0.2) is 11.6 Å². The minimum Gasteiger partial charge on any atom is -1.00 e. The minimum atomic E-state index is -1.30. The van der Waals surface area contributed by atoms with E-state index in [4.69, 9.17) is 48.0 Å². The van der Waals surface area contributed by atoms with Gasteiger partial charge in [0.25, 0.3) is 6.47 Å². The molecule has 0 aliphatic carbocycles. The second-order valence-electron chi connectivity index (χ2n) is 23.7. The summed E-state index contributed by atoms with van der Waals surface area (Å²) in [6, 6.07) is 141. The Hall–Kier alpha value is -8.26. The Morgan fingerprint density at radius 1 is 0.311 bits per heavy atom. The van der Waals surface area contributed by atoms with E-state index in [1.807, 2.05) is 35.0 Å². The van der Waals surface area contributed by atoms with E-state index in [0.717, 1.165) is 9.75 Å². The molecule has 17 rings (SSSR count). The normalized spacial score (nSPS) is 9.94. The van der Waals surface area contributed by atoms with Crippen LogP contribution in [0.3, 0.4) is 0 Å². The molecule has 0 radical (unpaired) electrons. The number of hydrogen-bond acceptors (Lipinski definition) is 16. The van der Waals surface area contributed by atoms with Crippen molar-refractivity contribution in [3.8, 4) is 33.4 Å². The molecule has 26 heteroatoms. The van der Waals surface area contributed by atoms with Gasteiger partial charge < -0.3 is 31.1 Å². The zero-order valence-corrected chi connectivity index (χ0v) is 78.3. The average molecular weight is 1850 g/mol. The first-order valence-electron chi connectivity index (χ1n) is 36.0. The number of methoxy groups -OCH3 is 2. The minimum absolute atomic E-state index is 0. The number of benzene rings is 12. The zero-order valence-electron chi connectivity index (χ0n) is 66.2. The molecule has 0 spiro atoms. The first-order chi connectivity index (χ1) is 57.1. The number of halogens is 2. The van der Waals surface area contributed by atoms with Gasteiger partial charge in [0, 0.05) is 25.2 Å². The van der Waals surface area contributed by atoms with E-state index in [9.17, 15) is 0 Å². The molecule has 0 fully saturated rings. The van der Waals surface area contributed by atoms with Crippen LogP contribution in [-0.2, 0) is 30.1 Å². The summed E-state index contributed by atoms with van der Waals surface area (Å²) in [5, 5.41) is 48.0. The topological polar surface area (TPSA) is 186 Å². The van der Waals surface area contributed by atoms with Crippen molar-refractivity contribution in [2.24, 2.45) is 0 Å². The van der Waals surface area contributed by atoms with Crippen LogP contribution in [0.5, 0.6) is 12.0 Å². The maximum atomic E-state index is 8.64. The Kier molecular flexibility index (Phi) is 46.3.